The number of aromatic nitrogens is 2. The summed E-state index contributed by atoms with van der Waals surface area (Å²) >= 11 is 0. The van der Waals surface area contributed by atoms with Crippen LogP contribution in [0.4, 0.5) is 23.2 Å². The fourth-order valence-electron chi connectivity index (χ4n) is 2.61. The molecule has 1 N–H and O–H groups in total. The van der Waals surface area contributed by atoms with Crippen LogP contribution in [0, 0.1) is 30.2 Å². The Morgan fingerprint density at radius 2 is 1.65 bits per heavy atom. The third-order valence-corrected chi connectivity index (χ3v) is 3.80. The number of aryl methyl sites for hydroxylation is 2. The van der Waals surface area contributed by atoms with Crippen LogP contribution in [0.25, 0.3) is 11.1 Å². The molecule has 0 aliphatic heterocycles. The summed E-state index contributed by atoms with van der Waals surface area (Å²) in [5.41, 5.74) is -0.555. The zero-order valence-corrected chi connectivity index (χ0v) is 13.8. The Bertz CT molecular complexity index is 994. The summed E-state index contributed by atoms with van der Waals surface area (Å²) in [7, 11) is 1.64. The van der Waals surface area contributed by atoms with Gasteiger partial charge in [0.2, 0.25) is 0 Å². The average molecular weight is 363 g/mol. The zero-order chi connectivity index (χ0) is 19.0. The Kier molecular flexibility index (Phi) is 4.50. The van der Waals surface area contributed by atoms with Gasteiger partial charge in [-0.15, -0.1) is 0 Å². The van der Waals surface area contributed by atoms with Gasteiger partial charge in [-0.25, -0.2) is 17.6 Å². The fraction of sp³-hybridized carbons (Fsp3) is 0.111. The number of halogens is 4. The van der Waals surface area contributed by atoms with E-state index in [4.69, 9.17) is 0 Å². The molecule has 0 spiro atoms. The molecule has 0 saturated carbocycles. The van der Waals surface area contributed by atoms with Crippen molar-refractivity contribution in [1.29, 1.82) is 0 Å². The van der Waals surface area contributed by atoms with E-state index in [9.17, 15) is 22.4 Å². The van der Waals surface area contributed by atoms with Crippen molar-refractivity contribution < 1.29 is 22.4 Å². The number of benzene rings is 2. The molecule has 0 saturated heterocycles. The minimum atomic E-state index is -1.22. The smallest absolute Gasteiger partial charge is 0.261 e. The van der Waals surface area contributed by atoms with Gasteiger partial charge in [-0.2, -0.15) is 5.10 Å². The van der Waals surface area contributed by atoms with Gasteiger partial charge < -0.3 is 5.32 Å². The van der Waals surface area contributed by atoms with E-state index in [1.165, 1.54) is 10.9 Å². The summed E-state index contributed by atoms with van der Waals surface area (Å²) in [4.78, 5) is 12.0. The predicted molar refractivity (Wildman–Crippen MR) is 87.6 cm³/mol. The first-order chi connectivity index (χ1) is 12.3. The van der Waals surface area contributed by atoms with E-state index in [2.05, 4.69) is 5.10 Å². The Labute approximate surface area is 146 Å². The first-order valence-electron chi connectivity index (χ1n) is 7.53. The molecular weight excluding hydrogens is 350 g/mol. The highest BCUT2D eigenvalue weighted by Gasteiger charge is 2.20. The maximum absolute atomic E-state index is 14.4. The van der Waals surface area contributed by atoms with Crippen molar-refractivity contribution >= 4 is 11.6 Å². The molecular formula is C18H13F4N3O. The molecule has 1 aromatic heterocycles. The highest BCUT2D eigenvalue weighted by molar-refractivity contribution is 6.04. The van der Waals surface area contributed by atoms with Crippen molar-refractivity contribution in [1.82, 2.24) is 9.78 Å². The molecule has 0 aliphatic rings. The third-order valence-electron chi connectivity index (χ3n) is 3.80. The molecule has 0 aliphatic carbocycles. The lowest BCUT2D eigenvalue weighted by Crippen LogP contribution is -2.17. The molecule has 134 valence electrons. The maximum Gasteiger partial charge on any atom is 0.261 e. The molecule has 0 unspecified atom stereocenters. The SMILES string of the molecule is Cc1nn(C)cc1-c1cc(F)c(NC(=O)c2c(F)cccc2F)cc1F. The van der Waals surface area contributed by atoms with Gasteiger partial charge in [-0.3, -0.25) is 9.48 Å². The molecule has 1 heterocycles. The molecule has 3 rings (SSSR count). The summed E-state index contributed by atoms with van der Waals surface area (Å²) in [5, 5.41) is 6.06. The molecule has 0 bridgehead atoms. The minimum Gasteiger partial charge on any atom is -0.319 e. The number of hydrogen-bond acceptors (Lipinski definition) is 2. The minimum absolute atomic E-state index is 0.0387. The van der Waals surface area contributed by atoms with Gasteiger partial charge in [-0.1, -0.05) is 6.07 Å². The Morgan fingerprint density at radius 1 is 1.00 bits per heavy atom. The summed E-state index contributed by atoms with van der Waals surface area (Å²) in [6.07, 6.45) is 1.53. The number of anilines is 1. The van der Waals surface area contributed by atoms with Crippen LogP contribution in [0.1, 0.15) is 16.1 Å². The van der Waals surface area contributed by atoms with E-state index >= 15 is 0 Å². The van der Waals surface area contributed by atoms with Crippen molar-refractivity contribution in [2.45, 2.75) is 6.92 Å². The number of hydrogen-bond donors (Lipinski definition) is 1. The molecule has 0 fully saturated rings. The molecule has 0 radical (unpaired) electrons. The zero-order valence-electron chi connectivity index (χ0n) is 13.8. The van der Waals surface area contributed by atoms with Gasteiger partial charge in [0, 0.05) is 30.4 Å². The lowest BCUT2D eigenvalue weighted by Gasteiger charge is -2.10. The highest BCUT2D eigenvalue weighted by Crippen LogP contribution is 2.30. The first-order valence-corrected chi connectivity index (χ1v) is 7.53. The third kappa shape index (κ3) is 3.17. The first kappa shape index (κ1) is 17.7. The summed E-state index contributed by atoms with van der Waals surface area (Å²) in [6.45, 7) is 1.64. The fourth-order valence-corrected chi connectivity index (χ4v) is 2.61. The number of carbonyl (C=O) groups excluding carboxylic acids is 1. The van der Waals surface area contributed by atoms with Crippen molar-refractivity contribution in [3.8, 4) is 11.1 Å². The van der Waals surface area contributed by atoms with Crippen LogP contribution in [0.3, 0.4) is 0 Å². The number of nitrogens with zero attached hydrogens (tertiary/aromatic N) is 2. The Morgan fingerprint density at radius 3 is 2.23 bits per heavy atom. The van der Waals surface area contributed by atoms with Crippen molar-refractivity contribution in [2.24, 2.45) is 7.05 Å². The summed E-state index contributed by atoms with van der Waals surface area (Å²) in [5.74, 6) is -5.19. The van der Waals surface area contributed by atoms with Gasteiger partial charge in [0.25, 0.3) is 5.91 Å². The molecule has 2 aromatic carbocycles. The lowest BCUT2D eigenvalue weighted by molar-refractivity contribution is 0.101. The largest absolute Gasteiger partial charge is 0.319 e. The number of carbonyl (C=O) groups is 1. The van der Waals surface area contributed by atoms with E-state index < -0.39 is 40.4 Å². The van der Waals surface area contributed by atoms with E-state index in [0.717, 1.165) is 30.3 Å². The molecule has 26 heavy (non-hydrogen) atoms. The van der Waals surface area contributed by atoms with Gasteiger partial charge in [0.05, 0.1) is 11.4 Å². The van der Waals surface area contributed by atoms with Crippen LogP contribution >= 0.6 is 0 Å². The van der Waals surface area contributed by atoms with Crippen LogP contribution in [0.15, 0.2) is 36.5 Å². The average Bonchev–Trinajstić information content (AvgIpc) is 2.88. The summed E-state index contributed by atoms with van der Waals surface area (Å²) in [6, 6.07) is 4.53. The van der Waals surface area contributed by atoms with Crippen LogP contribution in [-0.2, 0) is 7.05 Å². The van der Waals surface area contributed by atoms with Gasteiger partial charge in [-0.05, 0) is 25.1 Å². The second-order valence-corrected chi connectivity index (χ2v) is 5.66. The van der Waals surface area contributed by atoms with Crippen molar-refractivity contribution in [3.05, 3.63) is 71.1 Å². The van der Waals surface area contributed by atoms with E-state index in [-0.39, 0.29) is 5.56 Å². The van der Waals surface area contributed by atoms with Gasteiger partial charge in [0.15, 0.2) is 0 Å². The monoisotopic (exact) mass is 363 g/mol. The molecule has 3 aromatic rings. The van der Waals surface area contributed by atoms with Crippen LogP contribution < -0.4 is 5.32 Å². The normalized spacial score (nSPS) is 10.8. The molecule has 1 amide bonds. The number of nitrogens with one attached hydrogen (secondary N) is 1. The van der Waals surface area contributed by atoms with Crippen LogP contribution in [0.5, 0.6) is 0 Å². The van der Waals surface area contributed by atoms with Crippen LogP contribution in [0.2, 0.25) is 0 Å². The highest BCUT2D eigenvalue weighted by atomic mass is 19.1. The standard InChI is InChI=1S/C18H13F4N3O/c1-9-11(8-25(2)24-9)10-6-15(22)16(7-14(10)21)23-18(26)17-12(19)4-3-5-13(17)20/h3-8H,1-2H3,(H,23,26). The topological polar surface area (TPSA) is 46.9 Å². The van der Waals surface area contributed by atoms with Crippen LogP contribution in [-0.4, -0.2) is 15.7 Å². The Balaban J connectivity index is 1.96. The molecule has 0 atom stereocenters. The second kappa shape index (κ2) is 6.62. The van der Waals surface area contributed by atoms with Gasteiger partial charge >= 0.3 is 0 Å². The molecule has 4 nitrogen and oxygen atoms in total. The second-order valence-electron chi connectivity index (χ2n) is 5.66. The van der Waals surface area contributed by atoms with Crippen molar-refractivity contribution in [2.75, 3.05) is 5.32 Å². The molecule has 8 heteroatoms. The van der Waals surface area contributed by atoms with E-state index in [1.54, 1.807) is 14.0 Å². The van der Waals surface area contributed by atoms with E-state index in [0.29, 0.717) is 11.3 Å². The predicted octanol–water partition coefficient (Wildman–Crippen LogP) is 4.20. The Hall–Kier alpha value is -3.16. The van der Waals surface area contributed by atoms with Gasteiger partial charge in [0.1, 0.15) is 28.8 Å². The summed E-state index contributed by atoms with van der Waals surface area (Å²) < 4.78 is 57.5. The number of amides is 1. The maximum atomic E-state index is 14.4. The lowest BCUT2D eigenvalue weighted by atomic mass is 10.1. The van der Waals surface area contributed by atoms with Crippen molar-refractivity contribution in [3.63, 3.8) is 0 Å². The van der Waals surface area contributed by atoms with E-state index in [1.807, 2.05) is 5.32 Å². The number of rotatable bonds is 3. The quantitative estimate of drug-likeness (QED) is 0.709.